The van der Waals surface area contributed by atoms with E-state index in [2.05, 4.69) is 17.1 Å². The van der Waals surface area contributed by atoms with Gasteiger partial charge in [-0.05, 0) is 51.1 Å². The molecule has 3 aliphatic heterocycles. The van der Waals surface area contributed by atoms with Gasteiger partial charge < -0.3 is 10.1 Å². The summed E-state index contributed by atoms with van der Waals surface area (Å²) in [6, 6.07) is 0.856. The van der Waals surface area contributed by atoms with Crippen molar-refractivity contribution in [3.63, 3.8) is 0 Å². The predicted molar refractivity (Wildman–Crippen MR) is 64.5 cm³/mol. The molecule has 3 heterocycles. The zero-order valence-corrected chi connectivity index (χ0v) is 10.3. The number of hydrogen-bond donors (Lipinski definition) is 1. The molecular weight excluding hydrogens is 200 g/mol. The van der Waals surface area contributed by atoms with E-state index in [1.54, 1.807) is 0 Å². The van der Waals surface area contributed by atoms with Crippen LogP contribution in [0.15, 0.2) is 0 Å². The van der Waals surface area contributed by atoms with E-state index in [0.717, 1.165) is 24.5 Å². The lowest BCUT2D eigenvalue weighted by Gasteiger charge is -2.55. The van der Waals surface area contributed by atoms with Gasteiger partial charge in [0, 0.05) is 25.7 Å². The molecule has 0 spiro atoms. The molecule has 92 valence electrons. The summed E-state index contributed by atoms with van der Waals surface area (Å²) in [7, 11) is 0. The van der Waals surface area contributed by atoms with Crippen LogP contribution in [0.3, 0.4) is 0 Å². The summed E-state index contributed by atoms with van der Waals surface area (Å²) in [5.74, 6) is 1.68. The van der Waals surface area contributed by atoms with Crippen molar-refractivity contribution in [1.29, 1.82) is 0 Å². The van der Waals surface area contributed by atoms with Gasteiger partial charge in [-0.15, -0.1) is 0 Å². The van der Waals surface area contributed by atoms with Crippen molar-refractivity contribution >= 4 is 0 Å². The van der Waals surface area contributed by atoms with E-state index in [0.29, 0.717) is 6.10 Å². The van der Waals surface area contributed by atoms with Crippen LogP contribution in [0.1, 0.15) is 26.2 Å². The summed E-state index contributed by atoms with van der Waals surface area (Å²) in [6.45, 7) is 8.04. The molecule has 2 atom stereocenters. The van der Waals surface area contributed by atoms with Crippen LogP contribution in [0.2, 0.25) is 0 Å². The lowest BCUT2D eigenvalue weighted by molar-refractivity contribution is -0.149. The fourth-order valence-electron chi connectivity index (χ4n) is 3.81. The SMILES string of the molecule is CCOC1[C@H]2C[C@H]1CN(C1CCNCC1)C2. The Morgan fingerprint density at radius 2 is 1.88 bits per heavy atom. The highest BCUT2D eigenvalue weighted by Crippen LogP contribution is 2.43. The molecule has 3 saturated heterocycles. The third-order valence-electron chi connectivity index (χ3n) is 4.66. The summed E-state index contributed by atoms with van der Waals surface area (Å²) in [5, 5.41) is 3.45. The highest BCUT2D eigenvalue weighted by atomic mass is 16.5. The van der Waals surface area contributed by atoms with Crippen LogP contribution in [0, 0.1) is 11.8 Å². The van der Waals surface area contributed by atoms with Crippen molar-refractivity contribution in [3.05, 3.63) is 0 Å². The van der Waals surface area contributed by atoms with E-state index in [-0.39, 0.29) is 0 Å². The average Bonchev–Trinajstić information content (AvgIpc) is 2.37. The Balaban J connectivity index is 1.54. The van der Waals surface area contributed by atoms with Crippen LogP contribution in [-0.4, -0.2) is 49.8 Å². The fraction of sp³-hybridized carbons (Fsp3) is 1.00. The van der Waals surface area contributed by atoms with Crippen molar-refractivity contribution in [2.45, 2.75) is 38.3 Å². The van der Waals surface area contributed by atoms with E-state index in [1.807, 2.05) is 0 Å². The molecule has 4 fully saturated rings. The number of nitrogens with zero attached hydrogens (tertiary/aromatic N) is 1. The first-order valence-electron chi connectivity index (χ1n) is 6.95. The minimum absolute atomic E-state index is 0.600. The zero-order chi connectivity index (χ0) is 11.0. The molecular formula is C13H24N2O. The Morgan fingerprint density at radius 3 is 2.50 bits per heavy atom. The minimum atomic E-state index is 0.600. The molecule has 0 aromatic carbocycles. The molecule has 16 heavy (non-hydrogen) atoms. The van der Waals surface area contributed by atoms with Gasteiger partial charge in [-0.25, -0.2) is 0 Å². The summed E-state index contributed by atoms with van der Waals surface area (Å²) >= 11 is 0. The lowest BCUT2D eigenvalue weighted by atomic mass is 9.67. The van der Waals surface area contributed by atoms with Crippen molar-refractivity contribution < 1.29 is 4.74 Å². The van der Waals surface area contributed by atoms with Crippen molar-refractivity contribution in [1.82, 2.24) is 10.2 Å². The molecule has 1 aliphatic carbocycles. The van der Waals surface area contributed by atoms with Crippen molar-refractivity contribution in [2.75, 3.05) is 32.8 Å². The molecule has 0 amide bonds. The molecule has 3 nitrogen and oxygen atoms in total. The quantitative estimate of drug-likeness (QED) is 0.777. The average molecular weight is 224 g/mol. The number of piperidine rings is 3. The maximum Gasteiger partial charge on any atom is 0.0655 e. The number of hydrogen-bond acceptors (Lipinski definition) is 3. The Kier molecular flexibility index (Phi) is 3.18. The molecule has 0 radical (unpaired) electrons. The number of fused-ring (bicyclic) bond motifs is 2. The lowest BCUT2D eigenvalue weighted by Crippen LogP contribution is -2.62. The molecule has 0 aromatic rings. The second-order valence-electron chi connectivity index (χ2n) is 5.61. The first-order chi connectivity index (χ1) is 7.88. The van der Waals surface area contributed by atoms with Crippen molar-refractivity contribution in [3.8, 4) is 0 Å². The summed E-state index contributed by atoms with van der Waals surface area (Å²) in [5.41, 5.74) is 0. The van der Waals surface area contributed by atoms with E-state index in [9.17, 15) is 0 Å². The third kappa shape index (κ3) is 1.89. The second-order valence-corrected chi connectivity index (χ2v) is 5.61. The smallest absolute Gasteiger partial charge is 0.0655 e. The molecule has 2 bridgehead atoms. The Labute approximate surface area is 98.5 Å². The Hall–Kier alpha value is -0.120. The maximum atomic E-state index is 5.84. The monoisotopic (exact) mass is 224 g/mol. The van der Waals surface area contributed by atoms with Crippen LogP contribution in [0.4, 0.5) is 0 Å². The third-order valence-corrected chi connectivity index (χ3v) is 4.66. The maximum absolute atomic E-state index is 5.84. The number of rotatable bonds is 3. The highest BCUT2D eigenvalue weighted by molar-refractivity contribution is 5.00. The predicted octanol–water partition coefficient (Wildman–Crippen LogP) is 1.10. The minimum Gasteiger partial charge on any atom is -0.378 e. The van der Waals surface area contributed by atoms with E-state index in [1.165, 1.54) is 45.4 Å². The normalized spacial score (nSPS) is 40.7. The molecule has 3 heteroatoms. The van der Waals surface area contributed by atoms with Gasteiger partial charge in [0.05, 0.1) is 6.10 Å². The highest BCUT2D eigenvalue weighted by Gasteiger charge is 2.48. The summed E-state index contributed by atoms with van der Waals surface area (Å²) in [4.78, 5) is 2.75. The summed E-state index contributed by atoms with van der Waals surface area (Å²) in [6.07, 6.45) is 4.71. The van der Waals surface area contributed by atoms with Gasteiger partial charge >= 0.3 is 0 Å². The summed E-state index contributed by atoms with van der Waals surface area (Å²) < 4.78 is 5.84. The standard InChI is InChI=1S/C13H24N2O/c1-2-16-13-10-7-11(13)9-15(8-10)12-3-5-14-6-4-12/h10-14H,2-9H2,1H3/t10-,11-/m0/s1. The molecule has 4 rings (SSSR count). The first-order valence-corrected chi connectivity index (χ1v) is 6.95. The van der Waals surface area contributed by atoms with Gasteiger partial charge in [-0.3, -0.25) is 4.90 Å². The first kappa shape index (κ1) is 11.0. The topological polar surface area (TPSA) is 24.5 Å². The number of ether oxygens (including phenoxy) is 1. The molecule has 4 aliphatic rings. The van der Waals surface area contributed by atoms with E-state index >= 15 is 0 Å². The Morgan fingerprint density at radius 1 is 1.19 bits per heavy atom. The molecule has 1 saturated carbocycles. The van der Waals surface area contributed by atoms with Gasteiger partial charge in [0.1, 0.15) is 0 Å². The van der Waals surface area contributed by atoms with E-state index < -0.39 is 0 Å². The van der Waals surface area contributed by atoms with E-state index in [4.69, 9.17) is 4.74 Å². The van der Waals surface area contributed by atoms with Crippen molar-refractivity contribution in [2.24, 2.45) is 11.8 Å². The fourth-order valence-corrected chi connectivity index (χ4v) is 3.81. The number of nitrogens with one attached hydrogen (secondary N) is 1. The zero-order valence-electron chi connectivity index (χ0n) is 10.3. The van der Waals surface area contributed by atoms with Crippen LogP contribution < -0.4 is 5.32 Å². The van der Waals surface area contributed by atoms with Gasteiger partial charge in [-0.2, -0.15) is 0 Å². The molecule has 0 aromatic heterocycles. The molecule has 0 unspecified atom stereocenters. The molecule has 1 N–H and O–H groups in total. The van der Waals surface area contributed by atoms with Crippen LogP contribution in [-0.2, 0) is 4.74 Å². The second kappa shape index (κ2) is 4.63. The van der Waals surface area contributed by atoms with Crippen LogP contribution >= 0.6 is 0 Å². The van der Waals surface area contributed by atoms with Crippen LogP contribution in [0.5, 0.6) is 0 Å². The van der Waals surface area contributed by atoms with Gasteiger partial charge in [0.2, 0.25) is 0 Å². The Bertz CT molecular complexity index is 228. The van der Waals surface area contributed by atoms with Gasteiger partial charge in [-0.1, -0.05) is 0 Å². The van der Waals surface area contributed by atoms with Gasteiger partial charge in [0.25, 0.3) is 0 Å². The van der Waals surface area contributed by atoms with Crippen LogP contribution in [0.25, 0.3) is 0 Å². The largest absolute Gasteiger partial charge is 0.378 e. The van der Waals surface area contributed by atoms with Gasteiger partial charge in [0.15, 0.2) is 0 Å².